The number of nitrogens with one attached hydrogen (secondary N) is 1. The number of aliphatic hydroxyl groups excluding tert-OH is 1. The lowest BCUT2D eigenvalue weighted by Gasteiger charge is -2.22. The van der Waals surface area contributed by atoms with Crippen molar-refractivity contribution in [2.45, 2.75) is 18.5 Å². The van der Waals surface area contributed by atoms with Crippen LogP contribution in [0.1, 0.15) is 40.0 Å². The second-order valence-corrected chi connectivity index (χ2v) is 8.65. The fourth-order valence-electron chi connectivity index (χ4n) is 4.29. The smallest absolute Gasteiger partial charge is 0.254 e. The van der Waals surface area contributed by atoms with Crippen molar-refractivity contribution in [3.63, 3.8) is 0 Å². The highest BCUT2D eigenvalue weighted by Gasteiger charge is 2.33. The second kappa shape index (κ2) is 9.89. The predicted octanol–water partition coefficient (Wildman–Crippen LogP) is 3.53. The first kappa shape index (κ1) is 23.8. The van der Waals surface area contributed by atoms with E-state index in [1.807, 2.05) is 11.9 Å². The van der Waals surface area contributed by atoms with Gasteiger partial charge in [-0.25, -0.2) is 9.37 Å². The molecule has 1 fully saturated rings. The van der Waals surface area contributed by atoms with E-state index in [0.29, 0.717) is 40.2 Å². The lowest BCUT2D eigenvalue weighted by atomic mass is 9.93. The Morgan fingerprint density at radius 3 is 2.76 bits per heavy atom. The van der Waals surface area contributed by atoms with Gasteiger partial charge in [0.15, 0.2) is 5.78 Å². The van der Waals surface area contributed by atoms with Crippen LogP contribution in [0.15, 0.2) is 54.7 Å². The van der Waals surface area contributed by atoms with Crippen LogP contribution in [-0.4, -0.2) is 46.9 Å². The normalized spacial score (nSPS) is 17.1. The number of aliphatic hydroxyl groups is 1. The molecule has 1 aliphatic rings. The first-order chi connectivity index (χ1) is 16.3. The summed E-state index contributed by atoms with van der Waals surface area (Å²) in [5, 5.41) is 12.8. The minimum absolute atomic E-state index is 0.0573. The van der Waals surface area contributed by atoms with Gasteiger partial charge < -0.3 is 16.2 Å². The van der Waals surface area contributed by atoms with E-state index in [2.05, 4.69) is 10.3 Å². The number of aromatic nitrogens is 1. The third-order valence-electron chi connectivity index (χ3n) is 6.01. The van der Waals surface area contributed by atoms with Gasteiger partial charge in [-0.15, -0.1) is 0 Å². The maximum absolute atomic E-state index is 15.1. The van der Waals surface area contributed by atoms with Crippen molar-refractivity contribution in [2.24, 2.45) is 0 Å². The monoisotopic (exact) mass is 482 g/mol. The van der Waals surface area contributed by atoms with Crippen LogP contribution in [-0.2, 0) is 4.79 Å². The first-order valence-electron chi connectivity index (χ1n) is 10.7. The number of hydrogen-bond acceptors (Lipinski definition) is 6. The highest BCUT2D eigenvalue weighted by molar-refractivity contribution is 6.30. The van der Waals surface area contributed by atoms with Crippen LogP contribution in [0.3, 0.4) is 0 Å². The van der Waals surface area contributed by atoms with Crippen molar-refractivity contribution in [1.82, 2.24) is 15.2 Å². The molecule has 0 aliphatic carbocycles. The van der Waals surface area contributed by atoms with E-state index >= 15 is 4.39 Å². The molecule has 4 N–H and O–H groups in total. The zero-order valence-electron chi connectivity index (χ0n) is 18.5. The average molecular weight is 483 g/mol. The Kier molecular flexibility index (Phi) is 6.92. The number of nitrogens with zero attached hydrogens (tertiary/aromatic N) is 2. The molecule has 9 heteroatoms. The van der Waals surface area contributed by atoms with Crippen molar-refractivity contribution in [3.05, 3.63) is 82.3 Å². The van der Waals surface area contributed by atoms with Crippen LogP contribution in [0.5, 0.6) is 0 Å². The molecule has 1 amide bonds. The third-order valence-corrected chi connectivity index (χ3v) is 6.24. The molecule has 1 aliphatic heterocycles. The number of likely N-dealkylation sites (N-methyl/N-ethyl adjacent to an activating group) is 1. The molecule has 0 radical (unpaired) electrons. The summed E-state index contributed by atoms with van der Waals surface area (Å²) in [4.78, 5) is 31.3. The summed E-state index contributed by atoms with van der Waals surface area (Å²) in [6.45, 7) is 0.238. The molecular formula is C25H24ClFN4O3. The number of halogens is 2. The van der Waals surface area contributed by atoms with Gasteiger partial charge >= 0.3 is 0 Å². The van der Waals surface area contributed by atoms with Crippen molar-refractivity contribution in [2.75, 3.05) is 25.9 Å². The van der Waals surface area contributed by atoms with Crippen LogP contribution in [0.25, 0.3) is 11.1 Å². The molecule has 7 nitrogen and oxygen atoms in total. The summed E-state index contributed by atoms with van der Waals surface area (Å²) < 4.78 is 15.1. The van der Waals surface area contributed by atoms with Gasteiger partial charge in [0.05, 0.1) is 24.3 Å². The minimum Gasteiger partial charge on any atom is -0.394 e. The Morgan fingerprint density at radius 1 is 1.32 bits per heavy atom. The molecule has 1 saturated heterocycles. The van der Waals surface area contributed by atoms with Crippen molar-refractivity contribution in [1.29, 1.82) is 0 Å². The molecule has 1 unspecified atom stereocenters. The predicted molar refractivity (Wildman–Crippen MR) is 128 cm³/mol. The van der Waals surface area contributed by atoms with Crippen LogP contribution < -0.4 is 11.1 Å². The number of pyridine rings is 1. The number of anilines is 1. The highest BCUT2D eigenvalue weighted by atomic mass is 35.5. The summed E-state index contributed by atoms with van der Waals surface area (Å²) in [5.41, 5.74) is 8.07. The van der Waals surface area contributed by atoms with Gasteiger partial charge in [0, 0.05) is 29.7 Å². The largest absolute Gasteiger partial charge is 0.394 e. The number of amides is 1. The van der Waals surface area contributed by atoms with Crippen molar-refractivity contribution in [3.8, 4) is 11.1 Å². The number of carbonyl (C=O) groups is 2. The van der Waals surface area contributed by atoms with Crippen LogP contribution in [0.2, 0.25) is 5.02 Å². The molecule has 0 saturated carbocycles. The zero-order chi connectivity index (χ0) is 24.4. The number of nitrogens with two attached hydrogens (primary N) is 1. The SMILES string of the molecule is CN1CCC(=O)C1c1ccnc(N)c1-c1ccc(C(=O)N[C@H](CO)c2cccc(Cl)c2)c(F)c1. The molecule has 2 aromatic carbocycles. The number of nitrogen functional groups attached to an aromatic ring is 1. The number of hydrogen-bond donors (Lipinski definition) is 3. The molecule has 2 atom stereocenters. The number of Topliss-reactive ketones (excluding diaryl/α,β-unsaturated/α-hetero) is 1. The standard InChI is InChI=1S/C25H24ClFN4O3/c1-31-10-8-21(33)23(31)18-7-9-29-24(28)22(18)15-5-6-17(19(27)12-15)25(34)30-20(13-32)14-3-2-4-16(26)11-14/h2-7,9,11-12,20,23,32H,8,10,13H2,1H3,(H2,28,29)(H,30,34)/t20-,23?/m1/s1. The molecule has 0 bridgehead atoms. The number of carbonyl (C=O) groups excluding carboxylic acids is 2. The zero-order valence-corrected chi connectivity index (χ0v) is 19.2. The Hall–Kier alpha value is -3.33. The van der Waals surface area contributed by atoms with E-state index < -0.39 is 23.8 Å². The highest BCUT2D eigenvalue weighted by Crippen LogP contribution is 2.38. The fraction of sp³-hybridized carbons (Fsp3) is 0.240. The van der Waals surface area contributed by atoms with E-state index in [4.69, 9.17) is 17.3 Å². The number of ketones is 1. The Morgan fingerprint density at radius 2 is 2.12 bits per heavy atom. The Balaban J connectivity index is 1.64. The molecule has 176 valence electrons. The lowest BCUT2D eigenvalue weighted by Crippen LogP contribution is -2.31. The second-order valence-electron chi connectivity index (χ2n) is 8.22. The van der Waals surface area contributed by atoms with E-state index in [1.165, 1.54) is 18.3 Å². The molecule has 4 rings (SSSR count). The molecule has 3 aromatic rings. The number of rotatable bonds is 6. The van der Waals surface area contributed by atoms with E-state index in [0.717, 1.165) is 0 Å². The molecule has 2 heterocycles. The lowest BCUT2D eigenvalue weighted by molar-refractivity contribution is -0.119. The van der Waals surface area contributed by atoms with Gasteiger partial charge in [-0.05, 0) is 54.1 Å². The average Bonchev–Trinajstić information content (AvgIpc) is 3.14. The van der Waals surface area contributed by atoms with Gasteiger partial charge in [0.25, 0.3) is 5.91 Å². The molecule has 0 spiro atoms. The van der Waals surface area contributed by atoms with Crippen molar-refractivity contribution < 1.29 is 19.1 Å². The van der Waals surface area contributed by atoms with Gasteiger partial charge in [0.2, 0.25) is 0 Å². The molecule has 1 aromatic heterocycles. The topological polar surface area (TPSA) is 109 Å². The molecular weight excluding hydrogens is 459 g/mol. The minimum atomic E-state index is -0.766. The summed E-state index contributed by atoms with van der Waals surface area (Å²) >= 11 is 6.00. The van der Waals surface area contributed by atoms with Gasteiger partial charge in [-0.1, -0.05) is 29.8 Å². The maximum atomic E-state index is 15.1. The first-order valence-corrected chi connectivity index (χ1v) is 11.1. The quantitative estimate of drug-likeness (QED) is 0.496. The summed E-state index contributed by atoms with van der Waals surface area (Å²) in [6, 6.07) is 11.3. The van der Waals surface area contributed by atoms with Crippen LogP contribution >= 0.6 is 11.6 Å². The summed E-state index contributed by atoms with van der Waals surface area (Å²) in [7, 11) is 1.85. The van der Waals surface area contributed by atoms with Crippen LogP contribution in [0, 0.1) is 5.82 Å². The van der Waals surface area contributed by atoms with E-state index in [9.17, 15) is 14.7 Å². The van der Waals surface area contributed by atoms with Gasteiger partial charge in [-0.2, -0.15) is 0 Å². The fourth-order valence-corrected chi connectivity index (χ4v) is 4.49. The number of likely N-dealkylation sites (tertiary alicyclic amines) is 1. The summed E-state index contributed by atoms with van der Waals surface area (Å²) in [5.74, 6) is -1.23. The third kappa shape index (κ3) is 4.65. The Labute approximate surface area is 201 Å². The van der Waals surface area contributed by atoms with Crippen molar-refractivity contribution >= 4 is 29.1 Å². The Bertz CT molecular complexity index is 1250. The van der Waals surface area contributed by atoms with Gasteiger partial charge in [0.1, 0.15) is 11.6 Å². The molecule has 34 heavy (non-hydrogen) atoms. The van der Waals surface area contributed by atoms with E-state index in [1.54, 1.807) is 36.4 Å². The van der Waals surface area contributed by atoms with Gasteiger partial charge in [-0.3, -0.25) is 14.5 Å². The number of benzene rings is 2. The van der Waals surface area contributed by atoms with Crippen LogP contribution in [0.4, 0.5) is 10.2 Å². The maximum Gasteiger partial charge on any atom is 0.254 e. The summed E-state index contributed by atoms with van der Waals surface area (Å²) in [6.07, 6.45) is 1.95. The van der Waals surface area contributed by atoms with E-state index in [-0.39, 0.29) is 23.8 Å².